The topological polar surface area (TPSA) is 117 Å². The van der Waals surface area contributed by atoms with Crippen LogP contribution in [-0.4, -0.2) is 31.0 Å². The van der Waals surface area contributed by atoms with Crippen LogP contribution in [0.25, 0.3) is 0 Å². The number of hydrogen-bond donors (Lipinski definition) is 3. The van der Waals surface area contributed by atoms with Crippen molar-refractivity contribution in [1.82, 2.24) is 10.3 Å². The van der Waals surface area contributed by atoms with Crippen molar-refractivity contribution in [1.29, 1.82) is 0 Å². The number of amides is 2. The number of carbonyl (C=O) groups is 2. The van der Waals surface area contributed by atoms with Crippen LogP contribution in [0.1, 0.15) is 19.0 Å². The van der Waals surface area contributed by atoms with E-state index < -0.39 is 10.0 Å². The monoisotopic (exact) mass is 376 g/mol. The SMILES string of the molecule is CC(=O)Nc1cccc(NS(=O)(=O)CCC(=O)NCc2ccccn2)c1. The fourth-order valence-electron chi connectivity index (χ4n) is 2.10. The van der Waals surface area contributed by atoms with E-state index in [9.17, 15) is 18.0 Å². The van der Waals surface area contributed by atoms with Crippen LogP contribution in [0.15, 0.2) is 48.7 Å². The van der Waals surface area contributed by atoms with Crippen molar-refractivity contribution in [2.45, 2.75) is 19.9 Å². The molecular weight excluding hydrogens is 356 g/mol. The molecule has 0 aliphatic carbocycles. The maximum Gasteiger partial charge on any atom is 0.233 e. The van der Waals surface area contributed by atoms with E-state index in [0.717, 1.165) is 0 Å². The first-order valence-electron chi connectivity index (χ1n) is 7.89. The van der Waals surface area contributed by atoms with Crippen LogP contribution >= 0.6 is 0 Å². The quantitative estimate of drug-likeness (QED) is 0.645. The molecule has 138 valence electrons. The number of rotatable bonds is 8. The minimum Gasteiger partial charge on any atom is -0.350 e. The number of carbonyl (C=O) groups excluding carboxylic acids is 2. The third-order valence-electron chi connectivity index (χ3n) is 3.25. The van der Waals surface area contributed by atoms with Crippen molar-refractivity contribution in [2.75, 3.05) is 15.8 Å². The lowest BCUT2D eigenvalue weighted by Gasteiger charge is -2.10. The molecule has 3 N–H and O–H groups in total. The highest BCUT2D eigenvalue weighted by Gasteiger charge is 2.14. The Labute approximate surface area is 152 Å². The van der Waals surface area contributed by atoms with Gasteiger partial charge in [-0.2, -0.15) is 0 Å². The zero-order chi connectivity index (χ0) is 19.0. The molecule has 2 aromatic rings. The highest BCUT2D eigenvalue weighted by atomic mass is 32.2. The molecule has 2 amide bonds. The zero-order valence-corrected chi connectivity index (χ0v) is 15.0. The van der Waals surface area contributed by atoms with Gasteiger partial charge in [0.15, 0.2) is 0 Å². The Morgan fingerprint density at radius 3 is 2.54 bits per heavy atom. The largest absolute Gasteiger partial charge is 0.350 e. The van der Waals surface area contributed by atoms with Gasteiger partial charge < -0.3 is 10.6 Å². The molecule has 1 aromatic carbocycles. The molecule has 0 fully saturated rings. The lowest BCUT2D eigenvalue weighted by atomic mass is 10.3. The van der Waals surface area contributed by atoms with E-state index in [2.05, 4.69) is 20.3 Å². The summed E-state index contributed by atoms with van der Waals surface area (Å²) in [6, 6.07) is 11.7. The molecule has 0 saturated carbocycles. The van der Waals surface area contributed by atoms with Gasteiger partial charge in [0, 0.05) is 25.2 Å². The molecule has 0 aliphatic rings. The van der Waals surface area contributed by atoms with Crippen molar-refractivity contribution in [3.05, 3.63) is 54.4 Å². The van der Waals surface area contributed by atoms with Crippen LogP contribution in [0.2, 0.25) is 0 Å². The number of nitrogens with one attached hydrogen (secondary N) is 3. The van der Waals surface area contributed by atoms with Crippen LogP contribution in [-0.2, 0) is 26.2 Å². The maximum atomic E-state index is 12.1. The first-order chi connectivity index (χ1) is 12.3. The molecule has 0 bridgehead atoms. The summed E-state index contributed by atoms with van der Waals surface area (Å²) in [5.74, 6) is -0.992. The third kappa shape index (κ3) is 6.89. The molecule has 9 heteroatoms. The van der Waals surface area contributed by atoms with Gasteiger partial charge in [0.25, 0.3) is 0 Å². The summed E-state index contributed by atoms with van der Waals surface area (Å²) in [6.07, 6.45) is 1.44. The lowest BCUT2D eigenvalue weighted by molar-refractivity contribution is -0.121. The van der Waals surface area contributed by atoms with E-state index in [0.29, 0.717) is 17.1 Å². The molecule has 0 unspecified atom stereocenters. The van der Waals surface area contributed by atoms with Gasteiger partial charge in [-0.25, -0.2) is 8.42 Å². The standard InChI is InChI=1S/C17H20N4O4S/c1-13(22)20-14-6-4-7-15(11-14)21-26(24,25)10-8-17(23)19-12-16-5-2-3-9-18-16/h2-7,9,11,21H,8,10,12H2,1H3,(H,19,23)(H,20,22). The average Bonchev–Trinajstić information content (AvgIpc) is 2.58. The van der Waals surface area contributed by atoms with Crippen LogP contribution in [0.3, 0.4) is 0 Å². The molecule has 0 aliphatic heterocycles. The molecule has 2 rings (SSSR count). The van der Waals surface area contributed by atoms with Crippen molar-refractivity contribution in [3.63, 3.8) is 0 Å². The lowest BCUT2D eigenvalue weighted by Crippen LogP contribution is -2.27. The second kappa shape index (κ2) is 8.95. The first-order valence-corrected chi connectivity index (χ1v) is 9.54. The summed E-state index contributed by atoms with van der Waals surface area (Å²) in [5, 5.41) is 5.19. The van der Waals surface area contributed by atoms with E-state index in [4.69, 9.17) is 0 Å². The van der Waals surface area contributed by atoms with Gasteiger partial charge in [-0.1, -0.05) is 12.1 Å². The number of pyridine rings is 1. The van der Waals surface area contributed by atoms with Gasteiger partial charge >= 0.3 is 0 Å². The minimum absolute atomic E-state index is 0.173. The molecule has 0 saturated heterocycles. The van der Waals surface area contributed by atoms with Gasteiger partial charge in [0.1, 0.15) is 0 Å². The van der Waals surface area contributed by atoms with Crippen molar-refractivity contribution < 1.29 is 18.0 Å². The van der Waals surface area contributed by atoms with E-state index in [1.54, 1.807) is 42.6 Å². The van der Waals surface area contributed by atoms with E-state index in [1.807, 2.05) is 0 Å². The maximum absolute atomic E-state index is 12.1. The Morgan fingerprint density at radius 1 is 1.08 bits per heavy atom. The van der Waals surface area contributed by atoms with Crippen LogP contribution < -0.4 is 15.4 Å². The second-order valence-electron chi connectivity index (χ2n) is 5.53. The summed E-state index contributed by atoms with van der Waals surface area (Å²) in [7, 11) is -3.70. The van der Waals surface area contributed by atoms with Gasteiger partial charge in [0.2, 0.25) is 21.8 Å². The fraction of sp³-hybridized carbons (Fsp3) is 0.235. The predicted molar refractivity (Wildman–Crippen MR) is 98.9 cm³/mol. The van der Waals surface area contributed by atoms with E-state index >= 15 is 0 Å². The summed E-state index contributed by atoms with van der Waals surface area (Å²) in [5.41, 5.74) is 1.48. The van der Waals surface area contributed by atoms with Gasteiger partial charge in [-0.3, -0.25) is 19.3 Å². The minimum atomic E-state index is -3.70. The molecule has 0 radical (unpaired) electrons. The molecule has 8 nitrogen and oxygen atoms in total. The Balaban J connectivity index is 1.84. The third-order valence-corrected chi connectivity index (χ3v) is 4.54. The Hall–Kier alpha value is -2.94. The summed E-state index contributed by atoms with van der Waals surface area (Å²) in [6.45, 7) is 1.60. The first kappa shape index (κ1) is 19.4. The molecule has 0 spiro atoms. The van der Waals surface area contributed by atoms with E-state index in [-0.39, 0.29) is 30.5 Å². The number of hydrogen-bond acceptors (Lipinski definition) is 5. The van der Waals surface area contributed by atoms with Crippen LogP contribution in [0, 0.1) is 0 Å². The Bertz CT molecular complexity index is 869. The van der Waals surface area contributed by atoms with Crippen molar-refractivity contribution in [2.24, 2.45) is 0 Å². The smallest absolute Gasteiger partial charge is 0.233 e. The number of aromatic nitrogens is 1. The predicted octanol–water partition coefficient (Wildman–Crippen LogP) is 1.49. The summed E-state index contributed by atoms with van der Waals surface area (Å²) < 4.78 is 26.6. The number of benzene rings is 1. The van der Waals surface area contributed by atoms with Crippen molar-refractivity contribution in [3.8, 4) is 0 Å². The average molecular weight is 376 g/mol. The summed E-state index contributed by atoms with van der Waals surface area (Å²) >= 11 is 0. The van der Waals surface area contributed by atoms with Gasteiger partial charge in [-0.15, -0.1) is 0 Å². The fourth-order valence-corrected chi connectivity index (χ4v) is 3.14. The molecule has 1 heterocycles. The molecule has 1 aromatic heterocycles. The number of sulfonamides is 1. The van der Waals surface area contributed by atoms with Crippen LogP contribution in [0.4, 0.5) is 11.4 Å². The number of nitrogens with zero attached hydrogens (tertiary/aromatic N) is 1. The normalized spacial score (nSPS) is 10.8. The van der Waals surface area contributed by atoms with Crippen molar-refractivity contribution >= 4 is 33.2 Å². The second-order valence-corrected chi connectivity index (χ2v) is 7.37. The van der Waals surface area contributed by atoms with Gasteiger partial charge in [-0.05, 0) is 30.3 Å². The Morgan fingerprint density at radius 2 is 1.85 bits per heavy atom. The van der Waals surface area contributed by atoms with Crippen LogP contribution in [0.5, 0.6) is 0 Å². The Kier molecular flexibility index (Phi) is 6.67. The molecule has 26 heavy (non-hydrogen) atoms. The summed E-state index contributed by atoms with van der Waals surface area (Å²) in [4.78, 5) is 26.9. The van der Waals surface area contributed by atoms with Gasteiger partial charge in [0.05, 0.1) is 23.7 Å². The number of anilines is 2. The highest BCUT2D eigenvalue weighted by molar-refractivity contribution is 7.92. The molecular formula is C17H20N4O4S. The van der Waals surface area contributed by atoms with E-state index in [1.165, 1.54) is 13.0 Å². The molecule has 0 atom stereocenters. The zero-order valence-electron chi connectivity index (χ0n) is 14.2. The highest BCUT2D eigenvalue weighted by Crippen LogP contribution is 2.16.